The third-order valence-corrected chi connectivity index (χ3v) is 5.29. The van der Waals surface area contributed by atoms with Gasteiger partial charge in [-0.25, -0.2) is 0 Å². The van der Waals surface area contributed by atoms with Gasteiger partial charge in [0.15, 0.2) is 0 Å². The lowest BCUT2D eigenvalue weighted by Crippen LogP contribution is -2.41. The molecule has 0 aromatic heterocycles. The summed E-state index contributed by atoms with van der Waals surface area (Å²) in [5.41, 5.74) is 0.0618. The van der Waals surface area contributed by atoms with Gasteiger partial charge in [0.25, 0.3) is 0 Å². The highest BCUT2D eigenvalue weighted by molar-refractivity contribution is 4.93. The molecule has 2 atom stereocenters. The molecule has 0 bridgehead atoms. The number of aliphatic hydroxyl groups is 1. The number of ether oxygens (including phenoxy) is 2. The molecule has 116 valence electrons. The van der Waals surface area contributed by atoms with Crippen molar-refractivity contribution in [2.75, 3.05) is 26.3 Å². The SMILES string of the molecule is OC(COC1COC2(CCNCC2)C1)CC1CCCC1. The van der Waals surface area contributed by atoms with E-state index < -0.39 is 0 Å². The van der Waals surface area contributed by atoms with Crippen molar-refractivity contribution in [3.63, 3.8) is 0 Å². The summed E-state index contributed by atoms with van der Waals surface area (Å²) in [7, 11) is 0. The standard InChI is InChI=1S/C16H29NO3/c18-14(9-13-3-1-2-4-13)11-19-15-10-16(20-12-15)5-7-17-8-6-16/h13-15,17-18H,1-12H2. The van der Waals surface area contributed by atoms with E-state index in [2.05, 4.69) is 5.32 Å². The molecule has 2 unspecified atom stereocenters. The monoisotopic (exact) mass is 283 g/mol. The molecule has 1 aliphatic carbocycles. The van der Waals surface area contributed by atoms with Crippen molar-refractivity contribution < 1.29 is 14.6 Å². The summed E-state index contributed by atoms with van der Waals surface area (Å²) in [4.78, 5) is 0. The minimum absolute atomic E-state index is 0.0618. The van der Waals surface area contributed by atoms with Gasteiger partial charge in [0, 0.05) is 6.42 Å². The summed E-state index contributed by atoms with van der Waals surface area (Å²) in [6.45, 7) is 3.29. The fourth-order valence-electron chi connectivity index (χ4n) is 4.09. The van der Waals surface area contributed by atoms with E-state index in [1.807, 2.05) is 0 Å². The molecule has 4 heteroatoms. The minimum Gasteiger partial charge on any atom is -0.391 e. The number of nitrogens with one attached hydrogen (secondary N) is 1. The van der Waals surface area contributed by atoms with Crippen LogP contribution in [0.2, 0.25) is 0 Å². The fourth-order valence-corrected chi connectivity index (χ4v) is 4.09. The Kier molecular flexibility index (Phi) is 4.97. The molecule has 3 rings (SSSR count). The number of piperidine rings is 1. The number of hydrogen-bond acceptors (Lipinski definition) is 4. The third kappa shape index (κ3) is 3.73. The Hall–Kier alpha value is -0.160. The van der Waals surface area contributed by atoms with Crippen LogP contribution in [-0.2, 0) is 9.47 Å². The molecule has 2 aliphatic heterocycles. The van der Waals surface area contributed by atoms with Crippen LogP contribution >= 0.6 is 0 Å². The van der Waals surface area contributed by atoms with Crippen molar-refractivity contribution in [3.8, 4) is 0 Å². The van der Waals surface area contributed by atoms with Crippen molar-refractivity contribution in [1.29, 1.82) is 0 Å². The predicted octanol–water partition coefficient (Wildman–Crippen LogP) is 1.86. The van der Waals surface area contributed by atoms with Gasteiger partial charge in [-0.2, -0.15) is 0 Å². The molecular weight excluding hydrogens is 254 g/mol. The van der Waals surface area contributed by atoms with Crippen LogP contribution in [0.4, 0.5) is 0 Å². The van der Waals surface area contributed by atoms with Crippen LogP contribution in [-0.4, -0.2) is 49.2 Å². The molecule has 4 nitrogen and oxygen atoms in total. The van der Waals surface area contributed by atoms with E-state index in [0.717, 1.165) is 44.7 Å². The van der Waals surface area contributed by atoms with E-state index in [1.54, 1.807) is 0 Å². The lowest BCUT2D eigenvalue weighted by molar-refractivity contribution is -0.0322. The largest absolute Gasteiger partial charge is 0.391 e. The van der Waals surface area contributed by atoms with Gasteiger partial charge < -0.3 is 19.9 Å². The Bertz CT molecular complexity index is 298. The first kappa shape index (κ1) is 14.8. The van der Waals surface area contributed by atoms with Crippen molar-refractivity contribution >= 4 is 0 Å². The molecule has 2 saturated heterocycles. The van der Waals surface area contributed by atoms with Gasteiger partial charge in [-0.15, -0.1) is 0 Å². The molecule has 0 aromatic carbocycles. The molecule has 0 aromatic rings. The minimum atomic E-state index is -0.289. The van der Waals surface area contributed by atoms with E-state index in [-0.39, 0.29) is 17.8 Å². The predicted molar refractivity (Wildman–Crippen MR) is 77.7 cm³/mol. The lowest BCUT2D eigenvalue weighted by Gasteiger charge is -2.32. The van der Waals surface area contributed by atoms with E-state index >= 15 is 0 Å². The van der Waals surface area contributed by atoms with Crippen LogP contribution in [0.1, 0.15) is 51.4 Å². The molecule has 0 amide bonds. The first-order valence-electron chi connectivity index (χ1n) is 8.40. The highest BCUT2D eigenvalue weighted by Gasteiger charge is 2.41. The summed E-state index contributed by atoms with van der Waals surface area (Å²) in [5.74, 6) is 0.726. The Labute approximate surface area is 122 Å². The maximum absolute atomic E-state index is 10.1. The maximum Gasteiger partial charge on any atom is 0.0837 e. The zero-order valence-electron chi connectivity index (χ0n) is 12.5. The average Bonchev–Trinajstić information content (AvgIpc) is 3.08. The molecule has 2 heterocycles. The van der Waals surface area contributed by atoms with Gasteiger partial charge in [0.05, 0.1) is 31.0 Å². The Morgan fingerprint density at radius 2 is 2.00 bits per heavy atom. The van der Waals surface area contributed by atoms with Gasteiger partial charge in [0.1, 0.15) is 0 Å². The van der Waals surface area contributed by atoms with Crippen molar-refractivity contribution in [3.05, 3.63) is 0 Å². The Morgan fingerprint density at radius 1 is 1.25 bits per heavy atom. The molecule has 20 heavy (non-hydrogen) atoms. The van der Waals surface area contributed by atoms with Crippen LogP contribution in [0.15, 0.2) is 0 Å². The lowest BCUT2D eigenvalue weighted by atomic mass is 9.89. The summed E-state index contributed by atoms with van der Waals surface area (Å²) in [5, 5.41) is 13.5. The third-order valence-electron chi connectivity index (χ3n) is 5.29. The zero-order valence-corrected chi connectivity index (χ0v) is 12.5. The molecule has 2 N–H and O–H groups in total. The summed E-state index contributed by atoms with van der Waals surface area (Å²) >= 11 is 0. The van der Waals surface area contributed by atoms with Gasteiger partial charge in [-0.3, -0.25) is 0 Å². The normalized spacial score (nSPS) is 31.9. The fraction of sp³-hybridized carbons (Fsp3) is 1.00. The molecular formula is C16H29NO3. The van der Waals surface area contributed by atoms with Crippen LogP contribution in [0.5, 0.6) is 0 Å². The summed E-state index contributed by atoms with van der Waals surface area (Å²) in [6.07, 6.45) is 9.27. The Balaban J connectivity index is 1.36. The van der Waals surface area contributed by atoms with Crippen LogP contribution in [0.3, 0.4) is 0 Å². The van der Waals surface area contributed by atoms with E-state index in [0.29, 0.717) is 13.2 Å². The second kappa shape index (κ2) is 6.73. The van der Waals surface area contributed by atoms with Gasteiger partial charge in [-0.05, 0) is 38.3 Å². The quantitative estimate of drug-likeness (QED) is 0.808. The first-order valence-corrected chi connectivity index (χ1v) is 8.40. The molecule has 1 spiro atoms. The van der Waals surface area contributed by atoms with Gasteiger partial charge in [-0.1, -0.05) is 25.7 Å². The topological polar surface area (TPSA) is 50.7 Å². The average molecular weight is 283 g/mol. The maximum atomic E-state index is 10.1. The highest BCUT2D eigenvalue weighted by atomic mass is 16.6. The number of hydrogen-bond donors (Lipinski definition) is 2. The summed E-state index contributed by atoms with van der Waals surface area (Å²) in [6, 6.07) is 0. The number of aliphatic hydroxyl groups excluding tert-OH is 1. The second-order valence-corrected chi connectivity index (χ2v) is 6.94. The molecule has 1 saturated carbocycles. The molecule has 3 aliphatic rings. The van der Waals surface area contributed by atoms with Crippen LogP contribution in [0.25, 0.3) is 0 Å². The van der Waals surface area contributed by atoms with Gasteiger partial charge in [0.2, 0.25) is 0 Å². The van der Waals surface area contributed by atoms with Crippen LogP contribution < -0.4 is 5.32 Å². The van der Waals surface area contributed by atoms with E-state index in [9.17, 15) is 5.11 Å². The van der Waals surface area contributed by atoms with Gasteiger partial charge >= 0.3 is 0 Å². The van der Waals surface area contributed by atoms with Crippen molar-refractivity contribution in [1.82, 2.24) is 5.32 Å². The second-order valence-electron chi connectivity index (χ2n) is 6.94. The zero-order chi connectivity index (χ0) is 13.8. The van der Waals surface area contributed by atoms with E-state index in [4.69, 9.17) is 9.47 Å². The number of rotatable bonds is 5. The smallest absolute Gasteiger partial charge is 0.0837 e. The summed E-state index contributed by atoms with van der Waals surface area (Å²) < 4.78 is 11.9. The molecule has 0 radical (unpaired) electrons. The first-order chi connectivity index (χ1) is 9.76. The van der Waals surface area contributed by atoms with Crippen molar-refractivity contribution in [2.45, 2.75) is 69.2 Å². The van der Waals surface area contributed by atoms with Crippen molar-refractivity contribution in [2.24, 2.45) is 5.92 Å². The molecule has 3 fully saturated rings. The Morgan fingerprint density at radius 3 is 2.75 bits per heavy atom. The van der Waals surface area contributed by atoms with Crippen LogP contribution in [0, 0.1) is 5.92 Å². The highest BCUT2D eigenvalue weighted by Crippen LogP contribution is 2.35. The van der Waals surface area contributed by atoms with E-state index in [1.165, 1.54) is 25.7 Å².